The van der Waals surface area contributed by atoms with Gasteiger partial charge < -0.3 is 9.47 Å². The van der Waals surface area contributed by atoms with Crippen LogP contribution in [-0.2, 0) is 28.6 Å². The third kappa shape index (κ3) is 2.28. The van der Waals surface area contributed by atoms with E-state index < -0.39 is 22.3 Å². The molecule has 4 fully saturated rings. The number of carbonyl (C=O) groups is 1. The summed E-state index contributed by atoms with van der Waals surface area (Å²) in [7, 11) is -3.45. The molecule has 0 spiro atoms. The quantitative estimate of drug-likeness (QED) is 0.506. The summed E-state index contributed by atoms with van der Waals surface area (Å²) in [6.07, 6.45) is 0.521. The van der Waals surface area contributed by atoms with Gasteiger partial charge in [0.05, 0.1) is 25.0 Å². The van der Waals surface area contributed by atoms with Gasteiger partial charge in [0.25, 0.3) is 10.1 Å². The minimum Gasteiger partial charge on any atom is -0.458 e. The van der Waals surface area contributed by atoms with Crippen molar-refractivity contribution in [2.45, 2.75) is 30.3 Å². The van der Waals surface area contributed by atoms with Crippen molar-refractivity contribution in [2.24, 2.45) is 11.8 Å². The van der Waals surface area contributed by atoms with Gasteiger partial charge in [-0.3, -0.25) is 13.9 Å². The summed E-state index contributed by atoms with van der Waals surface area (Å²) in [5, 5.41) is -0.373. The number of morpholine rings is 1. The van der Waals surface area contributed by atoms with Crippen molar-refractivity contribution in [3.8, 4) is 0 Å². The van der Waals surface area contributed by atoms with Gasteiger partial charge in [-0.15, -0.1) is 0 Å². The molecule has 118 valence electrons. The molecule has 0 N–H and O–H groups in total. The molecule has 2 aliphatic heterocycles. The van der Waals surface area contributed by atoms with Crippen LogP contribution >= 0.6 is 0 Å². The lowest BCUT2D eigenvalue weighted by Gasteiger charge is -2.28. The zero-order valence-electron chi connectivity index (χ0n) is 11.6. The Morgan fingerprint density at radius 1 is 1.24 bits per heavy atom. The van der Waals surface area contributed by atoms with Crippen LogP contribution in [0.15, 0.2) is 0 Å². The van der Waals surface area contributed by atoms with E-state index in [1.165, 1.54) is 0 Å². The number of carbonyl (C=O) groups excluding carboxylic acids is 1. The van der Waals surface area contributed by atoms with Gasteiger partial charge in [0.2, 0.25) is 0 Å². The van der Waals surface area contributed by atoms with Gasteiger partial charge in [-0.2, -0.15) is 8.42 Å². The lowest BCUT2D eigenvalue weighted by Crippen LogP contribution is -2.43. The number of rotatable bonds is 3. The Hall–Kier alpha value is -0.700. The minimum atomic E-state index is -3.45. The largest absolute Gasteiger partial charge is 0.458 e. The van der Waals surface area contributed by atoms with Crippen molar-refractivity contribution in [1.82, 2.24) is 4.90 Å². The molecule has 2 saturated carbocycles. The van der Waals surface area contributed by atoms with Crippen LogP contribution < -0.4 is 0 Å². The molecule has 7 nitrogen and oxygen atoms in total. The van der Waals surface area contributed by atoms with E-state index in [0.29, 0.717) is 19.6 Å². The second-order valence-corrected chi connectivity index (χ2v) is 8.11. The molecule has 21 heavy (non-hydrogen) atoms. The molecule has 5 unspecified atom stereocenters. The third-order valence-corrected chi connectivity index (χ3v) is 6.91. The smallest absolute Gasteiger partial charge is 0.320 e. The fourth-order valence-corrected chi connectivity index (χ4v) is 6.06. The highest BCUT2D eigenvalue weighted by atomic mass is 32.2. The van der Waals surface area contributed by atoms with Crippen LogP contribution in [-0.4, -0.2) is 69.6 Å². The first-order chi connectivity index (χ1) is 10.0. The van der Waals surface area contributed by atoms with Crippen LogP contribution in [0.2, 0.25) is 0 Å². The minimum absolute atomic E-state index is 0.0150. The topological polar surface area (TPSA) is 82.1 Å². The Kier molecular flexibility index (Phi) is 3.25. The predicted molar refractivity (Wildman–Crippen MR) is 70.9 cm³/mol. The standard InChI is InChI=1S/C13H19NO6S/c15-11(7-14-1-3-18-4-2-14)19-12-8-5-9-10(6-8)21(16,17)20-13(9)12/h8-10,12-13H,1-7H2. The summed E-state index contributed by atoms with van der Waals surface area (Å²) in [5.74, 6) is -0.143. The highest BCUT2D eigenvalue weighted by molar-refractivity contribution is 7.87. The normalized spacial score (nSPS) is 44.1. The van der Waals surface area contributed by atoms with Crippen LogP contribution in [0, 0.1) is 11.8 Å². The molecule has 2 bridgehead atoms. The van der Waals surface area contributed by atoms with E-state index in [-0.39, 0.29) is 29.6 Å². The van der Waals surface area contributed by atoms with Gasteiger partial charge in [0.15, 0.2) is 0 Å². The zero-order chi connectivity index (χ0) is 14.6. The molecular weight excluding hydrogens is 298 g/mol. The molecule has 2 aliphatic carbocycles. The van der Waals surface area contributed by atoms with E-state index in [1.54, 1.807) is 0 Å². The maximum absolute atomic E-state index is 12.1. The average Bonchev–Trinajstić information content (AvgIpc) is 3.04. The molecule has 4 aliphatic rings. The van der Waals surface area contributed by atoms with E-state index in [9.17, 15) is 13.2 Å². The summed E-state index contributed by atoms with van der Waals surface area (Å²) < 4.78 is 39.7. The third-order valence-electron chi connectivity index (χ3n) is 5.14. The number of esters is 1. The van der Waals surface area contributed by atoms with E-state index >= 15 is 0 Å². The van der Waals surface area contributed by atoms with Crippen molar-refractivity contribution in [2.75, 3.05) is 32.8 Å². The fraction of sp³-hybridized carbons (Fsp3) is 0.923. The van der Waals surface area contributed by atoms with Crippen LogP contribution in [0.25, 0.3) is 0 Å². The number of hydrogen-bond acceptors (Lipinski definition) is 7. The van der Waals surface area contributed by atoms with E-state index in [1.807, 2.05) is 4.90 Å². The Morgan fingerprint density at radius 2 is 2.00 bits per heavy atom. The molecule has 0 aromatic carbocycles. The molecule has 8 heteroatoms. The molecule has 0 radical (unpaired) electrons. The van der Waals surface area contributed by atoms with Crippen molar-refractivity contribution >= 4 is 16.1 Å². The van der Waals surface area contributed by atoms with Crippen LogP contribution in [0.1, 0.15) is 12.8 Å². The molecule has 0 aromatic rings. The molecule has 4 rings (SSSR count). The molecule has 2 heterocycles. The SMILES string of the molecule is O=C(CN1CCOCC1)OC1C2CC3C1OS(=O)(=O)C3C2. The molecule has 5 atom stereocenters. The van der Waals surface area contributed by atoms with E-state index in [0.717, 1.165) is 19.5 Å². The second-order valence-electron chi connectivity index (χ2n) is 6.33. The lowest BCUT2D eigenvalue weighted by molar-refractivity contribution is -0.158. The van der Waals surface area contributed by atoms with Crippen molar-refractivity contribution in [1.29, 1.82) is 0 Å². The molecular formula is C13H19NO6S. The maximum Gasteiger partial charge on any atom is 0.320 e. The van der Waals surface area contributed by atoms with Crippen LogP contribution in [0.3, 0.4) is 0 Å². The van der Waals surface area contributed by atoms with Crippen LogP contribution in [0.5, 0.6) is 0 Å². The highest BCUT2D eigenvalue weighted by Gasteiger charge is 2.65. The Labute approximate surface area is 123 Å². The number of nitrogens with zero attached hydrogens (tertiary/aromatic N) is 1. The first-order valence-corrected chi connectivity index (χ1v) is 8.93. The Balaban J connectivity index is 1.39. The van der Waals surface area contributed by atoms with E-state index in [2.05, 4.69) is 0 Å². The Morgan fingerprint density at radius 3 is 2.76 bits per heavy atom. The van der Waals surface area contributed by atoms with Gasteiger partial charge in [0, 0.05) is 24.9 Å². The summed E-state index contributed by atoms with van der Waals surface area (Å²) in [5.41, 5.74) is 0. The number of fused-ring (bicyclic) bond motifs is 1. The summed E-state index contributed by atoms with van der Waals surface area (Å²) >= 11 is 0. The second kappa shape index (κ2) is 4.91. The summed E-state index contributed by atoms with van der Waals surface area (Å²) in [6.45, 7) is 2.95. The van der Waals surface area contributed by atoms with Crippen molar-refractivity contribution in [3.63, 3.8) is 0 Å². The summed E-state index contributed by atoms with van der Waals surface area (Å²) in [4.78, 5) is 14.1. The van der Waals surface area contributed by atoms with Gasteiger partial charge >= 0.3 is 5.97 Å². The first kappa shape index (κ1) is 13.9. The lowest BCUT2D eigenvalue weighted by atomic mass is 9.94. The van der Waals surface area contributed by atoms with E-state index in [4.69, 9.17) is 13.7 Å². The maximum atomic E-state index is 12.1. The van der Waals surface area contributed by atoms with Gasteiger partial charge in [-0.05, 0) is 12.8 Å². The number of ether oxygens (including phenoxy) is 2. The van der Waals surface area contributed by atoms with Gasteiger partial charge in [-0.1, -0.05) is 0 Å². The van der Waals surface area contributed by atoms with Gasteiger partial charge in [-0.25, -0.2) is 0 Å². The zero-order valence-corrected chi connectivity index (χ0v) is 12.5. The molecule has 0 amide bonds. The molecule has 2 saturated heterocycles. The summed E-state index contributed by atoms with van der Waals surface area (Å²) in [6, 6.07) is 0. The fourth-order valence-electron chi connectivity index (χ4n) is 4.18. The molecule has 0 aromatic heterocycles. The average molecular weight is 317 g/mol. The Bertz CT molecular complexity index is 543. The van der Waals surface area contributed by atoms with Crippen molar-refractivity contribution < 1.29 is 26.9 Å². The van der Waals surface area contributed by atoms with Gasteiger partial charge in [0.1, 0.15) is 12.2 Å². The number of hydrogen-bond donors (Lipinski definition) is 0. The predicted octanol–water partition coefficient (Wildman–Crippen LogP) is -0.633. The highest BCUT2D eigenvalue weighted by Crippen LogP contribution is 2.55. The van der Waals surface area contributed by atoms with Crippen molar-refractivity contribution in [3.05, 3.63) is 0 Å². The first-order valence-electron chi connectivity index (χ1n) is 7.46. The monoisotopic (exact) mass is 317 g/mol. The van der Waals surface area contributed by atoms with Crippen LogP contribution in [0.4, 0.5) is 0 Å².